The molecule has 7 N–H and O–H groups in total. The van der Waals surface area contributed by atoms with Gasteiger partial charge in [0.2, 0.25) is 10.0 Å². The van der Waals surface area contributed by atoms with Crippen LogP contribution in [0.15, 0.2) is 58.3 Å². The van der Waals surface area contributed by atoms with E-state index in [9.17, 15) is 26.4 Å². The molecule has 0 aromatic heterocycles. The number of rotatable bonds is 35. The number of urea groups is 1. The summed E-state index contributed by atoms with van der Waals surface area (Å²) in [7, 11) is -7.47. The molecule has 6 atom stereocenters. The standard InChI is InChI=1S/C65H91Cl4N7O12S2/c1-42-32-61(44(3)30-59(42)87-63-53-34-46(66)36-55(68)51(53)38-57(63)75-19-8-12-48(70)40-75)89(79,80)29-11-22-84-26-27-85-23-17-73-65(78)72-16-7-5-6-14-50(77)15-10-21-83-25-28-86-24-18-74-90(81,82)62-33-43(2)60(31-45(62)4)88-64-54-35-47(67)37-56(69)52(54)39-58(64)76-20-9-13-49(71)41-76/h30-37,48-49,57-58,63-64,74H,5-29,38-41,70-71H2,1-4H3,(H2,72,73,78)/t48-,49-,57+,58+,63+,64+/m1/s1. The van der Waals surface area contributed by atoms with Gasteiger partial charge in [-0.1, -0.05) is 52.8 Å². The Bertz CT molecular complexity index is 3100. The number of carbonyl (C=O) groups is 2. The van der Waals surface area contributed by atoms with Crippen LogP contribution in [0.3, 0.4) is 0 Å². The Morgan fingerprint density at radius 1 is 0.544 bits per heavy atom. The van der Waals surface area contributed by atoms with Gasteiger partial charge in [0.05, 0.1) is 67.3 Å². The minimum Gasteiger partial charge on any atom is -0.484 e. The van der Waals surface area contributed by atoms with Crippen molar-refractivity contribution >= 4 is 78.1 Å². The van der Waals surface area contributed by atoms with E-state index < -0.39 is 19.9 Å². The van der Waals surface area contributed by atoms with Gasteiger partial charge in [-0.15, -0.1) is 0 Å². The molecule has 2 heterocycles. The SMILES string of the molecule is Cc1cc(S(=O)(=O)CCCOCCOCCNC(=O)NCCCCCC(=O)CCCOCCOCCNS(=O)(=O)c2cc(C)c(O[C@H]3c4cc(Cl)cc(Cl)c4C[C@@H]3N3CCC[C@@H](N)C3)cc2C)c(C)cc1O[C@H]1c2cc(Cl)cc(Cl)c2C[C@@H]1N1CCC[C@@H](N)C1. The number of hydrogen-bond donors (Lipinski definition) is 5. The Morgan fingerprint density at radius 3 is 1.57 bits per heavy atom. The first-order chi connectivity index (χ1) is 43.1. The van der Waals surface area contributed by atoms with E-state index >= 15 is 0 Å². The number of likely N-dealkylation sites (tertiary alicyclic amines) is 2. The maximum Gasteiger partial charge on any atom is 0.314 e. The van der Waals surface area contributed by atoms with Crippen LogP contribution >= 0.6 is 46.4 Å². The summed E-state index contributed by atoms with van der Waals surface area (Å²) >= 11 is 26.3. The Kier molecular flexibility index (Phi) is 27.6. The second-order valence-electron chi connectivity index (χ2n) is 24.2. The van der Waals surface area contributed by atoms with Gasteiger partial charge in [0.1, 0.15) is 29.5 Å². The number of sulfonamides is 1. The largest absolute Gasteiger partial charge is 0.484 e. The number of Topliss-reactive ketones (excluding diaryl/α,β-unsaturated/α-hetero) is 1. The maximum atomic E-state index is 13.5. The van der Waals surface area contributed by atoms with Crippen molar-refractivity contribution in [3.63, 3.8) is 0 Å². The normalized spacial score (nSPS) is 20.5. The first-order valence-electron chi connectivity index (χ1n) is 31.7. The molecule has 2 aliphatic heterocycles. The molecule has 0 radical (unpaired) electrons. The minimum absolute atomic E-state index is 0.000891. The molecule has 0 spiro atoms. The molecule has 19 nitrogen and oxygen atoms in total. The lowest BCUT2D eigenvalue weighted by Gasteiger charge is -2.38. The number of carbonyl (C=O) groups excluding carboxylic acids is 2. The number of halogens is 4. The number of nitrogens with zero attached hydrogens (tertiary/aromatic N) is 2. The summed E-state index contributed by atoms with van der Waals surface area (Å²) in [4.78, 5) is 29.9. The van der Waals surface area contributed by atoms with E-state index in [1.807, 2.05) is 32.0 Å². The van der Waals surface area contributed by atoms with Gasteiger partial charge in [0, 0.05) is 102 Å². The number of benzene rings is 4. The molecule has 0 bridgehead atoms. The lowest BCUT2D eigenvalue weighted by Crippen LogP contribution is -2.49. The number of unbranched alkanes of at least 4 members (excludes halogenated alkanes) is 2. The Morgan fingerprint density at radius 2 is 1.02 bits per heavy atom. The predicted molar refractivity (Wildman–Crippen MR) is 353 cm³/mol. The number of piperidine rings is 2. The lowest BCUT2D eigenvalue weighted by molar-refractivity contribution is -0.119. The third-order valence-electron chi connectivity index (χ3n) is 17.2. The van der Waals surface area contributed by atoms with Crippen molar-refractivity contribution in [2.45, 2.75) is 157 Å². The van der Waals surface area contributed by atoms with Gasteiger partial charge in [-0.2, -0.15) is 0 Å². The molecule has 2 fully saturated rings. The second kappa shape index (κ2) is 34.5. The summed E-state index contributed by atoms with van der Waals surface area (Å²) in [5.41, 5.74) is 19.2. The number of ketones is 1. The predicted octanol–water partition coefficient (Wildman–Crippen LogP) is 9.89. The zero-order valence-electron chi connectivity index (χ0n) is 52.4. The van der Waals surface area contributed by atoms with Crippen molar-refractivity contribution < 1.29 is 54.8 Å². The first-order valence-corrected chi connectivity index (χ1v) is 36.3. The molecule has 2 saturated heterocycles. The highest BCUT2D eigenvalue weighted by Gasteiger charge is 2.43. The zero-order valence-corrected chi connectivity index (χ0v) is 57.0. The minimum atomic E-state index is -3.85. The fraction of sp³-hybridized carbons (Fsp3) is 0.600. The van der Waals surface area contributed by atoms with Gasteiger partial charge in [0.15, 0.2) is 9.84 Å². The summed E-state index contributed by atoms with van der Waals surface area (Å²) < 4.78 is 92.6. The van der Waals surface area contributed by atoms with Crippen LogP contribution in [0.5, 0.6) is 11.5 Å². The van der Waals surface area contributed by atoms with E-state index in [1.165, 1.54) is 0 Å². The first kappa shape index (κ1) is 72.0. The van der Waals surface area contributed by atoms with Gasteiger partial charge in [-0.3, -0.25) is 14.6 Å². The number of ether oxygens (including phenoxy) is 6. The molecular formula is C65H91Cl4N7O12S2. The smallest absolute Gasteiger partial charge is 0.314 e. The molecule has 4 aromatic carbocycles. The number of amides is 2. The van der Waals surface area contributed by atoms with E-state index in [0.29, 0.717) is 125 Å². The van der Waals surface area contributed by atoms with Gasteiger partial charge >= 0.3 is 6.03 Å². The van der Waals surface area contributed by atoms with Gasteiger partial charge in [-0.25, -0.2) is 26.4 Å². The molecule has 4 aliphatic rings. The molecule has 2 aliphatic carbocycles. The van der Waals surface area contributed by atoms with Crippen LogP contribution in [-0.2, 0) is 56.4 Å². The van der Waals surface area contributed by atoms with Crippen molar-refractivity contribution in [1.29, 1.82) is 0 Å². The molecule has 0 saturated carbocycles. The number of aryl methyl sites for hydroxylation is 4. The fourth-order valence-electron chi connectivity index (χ4n) is 12.6. The molecule has 498 valence electrons. The average molecular weight is 1370 g/mol. The molecule has 8 rings (SSSR count). The summed E-state index contributed by atoms with van der Waals surface area (Å²) in [6.45, 7) is 13.7. The van der Waals surface area contributed by atoms with Crippen LogP contribution in [0.2, 0.25) is 20.1 Å². The lowest BCUT2D eigenvalue weighted by atomic mass is 10.0. The molecular weight excluding hydrogens is 1280 g/mol. The van der Waals surface area contributed by atoms with Crippen molar-refractivity contribution in [3.8, 4) is 11.5 Å². The Labute approximate surface area is 552 Å². The van der Waals surface area contributed by atoms with Crippen LogP contribution in [0.1, 0.15) is 127 Å². The topological polar surface area (TPSA) is 252 Å². The summed E-state index contributed by atoms with van der Waals surface area (Å²) in [5.74, 6) is 1.28. The molecule has 25 heteroatoms. The van der Waals surface area contributed by atoms with Crippen LogP contribution in [0.25, 0.3) is 0 Å². The van der Waals surface area contributed by atoms with Crippen LogP contribution in [-0.4, -0.2) is 167 Å². The average Bonchev–Trinajstić information content (AvgIpc) is 1.60. The molecule has 0 unspecified atom stereocenters. The van der Waals surface area contributed by atoms with Gasteiger partial charge < -0.3 is 50.5 Å². The molecule has 4 aromatic rings. The number of fused-ring (bicyclic) bond motifs is 2. The van der Waals surface area contributed by atoms with Crippen LogP contribution in [0.4, 0.5) is 4.79 Å². The summed E-state index contributed by atoms with van der Waals surface area (Å²) in [6, 6.07) is 14.2. The fourth-order valence-corrected chi connectivity index (χ4v) is 16.7. The van der Waals surface area contributed by atoms with Crippen molar-refractivity contribution in [2.75, 3.05) is 104 Å². The van der Waals surface area contributed by atoms with Crippen LogP contribution < -0.4 is 36.3 Å². The zero-order chi connectivity index (χ0) is 64.5. The van der Waals surface area contributed by atoms with E-state index in [4.69, 9.17) is 86.3 Å². The molecule has 2 amide bonds. The number of nitrogens with two attached hydrogens (primary N) is 2. The highest BCUT2D eigenvalue weighted by Crippen LogP contribution is 2.46. The Balaban J connectivity index is 0.603. The van der Waals surface area contributed by atoms with Crippen molar-refractivity contribution in [2.24, 2.45) is 11.5 Å². The van der Waals surface area contributed by atoms with Gasteiger partial charge in [0.25, 0.3) is 0 Å². The number of hydrogen-bond acceptors (Lipinski definition) is 16. The van der Waals surface area contributed by atoms with Crippen LogP contribution in [0, 0.1) is 27.7 Å². The quantitative estimate of drug-likeness (QED) is 0.0269. The van der Waals surface area contributed by atoms with E-state index in [1.54, 1.807) is 44.2 Å². The number of nitrogens with one attached hydrogen (secondary N) is 3. The van der Waals surface area contributed by atoms with E-state index in [-0.39, 0.29) is 103 Å². The highest BCUT2D eigenvalue weighted by molar-refractivity contribution is 7.91. The van der Waals surface area contributed by atoms with E-state index in [2.05, 4.69) is 25.2 Å². The Hall–Kier alpha value is -3.88. The van der Waals surface area contributed by atoms with Crippen molar-refractivity contribution in [3.05, 3.63) is 113 Å². The van der Waals surface area contributed by atoms with E-state index in [0.717, 1.165) is 93.4 Å². The highest BCUT2D eigenvalue weighted by atomic mass is 35.5. The second-order valence-corrected chi connectivity index (χ2v) is 29.7. The molecule has 90 heavy (non-hydrogen) atoms. The number of sulfone groups is 1. The van der Waals surface area contributed by atoms with Crippen molar-refractivity contribution in [1.82, 2.24) is 25.2 Å². The summed E-state index contributed by atoms with van der Waals surface area (Å²) in [6.07, 6.45) is 8.69. The third-order valence-corrected chi connectivity index (χ3v) is 21.9. The van der Waals surface area contributed by atoms with Gasteiger partial charge in [-0.05, 0) is 187 Å². The summed E-state index contributed by atoms with van der Waals surface area (Å²) in [5, 5.41) is 7.87. The maximum absolute atomic E-state index is 13.5. The monoisotopic (exact) mass is 1370 g/mol. The third kappa shape index (κ3) is 20.3.